The number of hydrogen-bond acceptors (Lipinski definition) is 3. The number of unbranched alkanes of at least 4 members (excludes halogenated alkanes) is 1. The highest BCUT2D eigenvalue weighted by atomic mass is 16.2. The molecule has 0 unspecified atom stereocenters. The summed E-state index contributed by atoms with van der Waals surface area (Å²) in [6.07, 6.45) is 4.03. The molecule has 0 heterocycles. The van der Waals surface area contributed by atoms with Crippen LogP contribution in [0.15, 0.2) is 24.3 Å². The van der Waals surface area contributed by atoms with Crippen molar-refractivity contribution in [3.8, 4) is 0 Å². The Morgan fingerprint density at radius 3 is 2.00 bits per heavy atom. The molecule has 0 aliphatic rings. The van der Waals surface area contributed by atoms with Gasteiger partial charge in [0.2, 0.25) is 11.8 Å². The van der Waals surface area contributed by atoms with Gasteiger partial charge in [0.15, 0.2) is 0 Å². The summed E-state index contributed by atoms with van der Waals surface area (Å²) in [5, 5.41) is 5.39. The minimum atomic E-state index is -0.109. The number of rotatable bonds is 8. The van der Waals surface area contributed by atoms with Crippen LogP contribution in [0.5, 0.6) is 0 Å². The molecule has 0 saturated heterocycles. The van der Waals surface area contributed by atoms with Crippen molar-refractivity contribution in [1.29, 1.82) is 0 Å². The number of hydrogen-bond donors (Lipinski definition) is 2. The molecule has 2 amide bonds. The molecule has 0 fully saturated rings. The Hall–Kier alpha value is -2.17. The van der Waals surface area contributed by atoms with Gasteiger partial charge < -0.3 is 10.6 Å². The number of Topliss-reactive ketones (excluding diaryl/α,β-unsaturated/α-hetero) is 1. The number of anilines is 1. The lowest BCUT2D eigenvalue weighted by Crippen LogP contribution is -2.25. The fraction of sp³-hybridized carbons (Fsp3) is 0.526. The molecule has 1 rings (SSSR count). The second kappa shape index (κ2) is 13.3. The van der Waals surface area contributed by atoms with Gasteiger partial charge in [-0.3, -0.25) is 14.4 Å². The number of nitrogens with one attached hydrogen (secondary N) is 2. The molecule has 1 aromatic carbocycles. The van der Waals surface area contributed by atoms with Gasteiger partial charge in [-0.25, -0.2) is 0 Å². The average molecular weight is 338 g/mol. The molecule has 0 radical (unpaired) electrons. The molecule has 0 atom stereocenters. The van der Waals surface area contributed by atoms with E-state index in [4.69, 9.17) is 0 Å². The van der Waals surface area contributed by atoms with E-state index >= 15 is 0 Å². The van der Waals surface area contributed by atoms with Crippen LogP contribution < -0.4 is 10.6 Å². The maximum Gasteiger partial charge on any atom is 0.221 e. The minimum Gasteiger partial charge on any atom is -0.356 e. The van der Waals surface area contributed by atoms with Crippen molar-refractivity contribution < 1.29 is 17.2 Å². The maximum absolute atomic E-state index is 11.5. The van der Waals surface area contributed by atoms with Crippen molar-refractivity contribution in [3.05, 3.63) is 29.8 Å². The summed E-state index contributed by atoms with van der Waals surface area (Å²) in [5.41, 5.74) is 1.77. The third-order valence-electron chi connectivity index (χ3n) is 3.21. The largest absolute Gasteiger partial charge is 0.356 e. The highest BCUT2D eigenvalue weighted by Crippen LogP contribution is 2.10. The lowest BCUT2D eigenvalue weighted by atomic mass is 10.1. The second-order valence-electron chi connectivity index (χ2n) is 5.68. The van der Waals surface area contributed by atoms with E-state index in [2.05, 4.69) is 24.5 Å². The Kier molecular flexibility index (Phi) is 12.1. The zero-order valence-corrected chi connectivity index (χ0v) is 15.3. The summed E-state index contributed by atoms with van der Waals surface area (Å²) in [6, 6.07) is 7.39. The van der Waals surface area contributed by atoms with Crippen LogP contribution >= 0.6 is 0 Å². The molecular formula is C19H34N2O3. The van der Waals surface area contributed by atoms with Gasteiger partial charge >= 0.3 is 0 Å². The van der Waals surface area contributed by atoms with Gasteiger partial charge in [0.25, 0.3) is 0 Å². The molecule has 2 N–H and O–H groups in total. The Morgan fingerprint density at radius 1 is 0.958 bits per heavy atom. The lowest BCUT2D eigenvalue weighted by molar-refractivity contribution is -0.121. The fourth-order valence-corrected chi connectivity index (χ4v) is 1.68. The number of carbonyl (C=O) groups excluding carboxylic acids is 3. The summed E-state index contributed by atoms with van der Waals surface area (Å²) < 4.78 is 0. The molecule has 0 saturated carbocycles. The van der Waals surface area contributed by atoms with Gasteiger partial charge in [-0.05, 0) is 31.0 Å². The maximum atomic E-state index is 11.5. The number of ketones is 1. The van der Waals surface area contributed by atoms with Gasteiger partial charge in [-0.1, -0.05) is 38.8 Å². The van der Waals surface area contributed by atoms with E-state index in [-0.39, 0.29) is 20.5 Å². The molecule has 0 spiro atoms. The quantitative estimate of drug-likeness (QED) is 0.753. The predicted molar refractivity (Wildman–Crippen MR) is 102 cm³/mol. The van der Waals surface area contributed by atoms with Crippen LogP contribution in [0.25, 0.3) is 0 Å². The van der Waals surface area contributed by atoms with E-state index in [1.54, 1.807) is 0 Å². The zero-order valence-electron chi connectivity index (χ0n) is 15.3. The normalized spacial score (nSPS) is 9.50. The number of aryl methyl sites for hydroxylation is 1. The summed E-state index contributed by atoms with van der Waals surface area (Å²) >= 11 is 0. The number of benzene rings is 1. The third-order valence-corrected chi connectivity index (χ3v) is 3.21. The van der Waals surface area contributed by atoms with Crippen molar-refractivity contribution in [3.63, 3.8) is 0 Å². The molecule has 0 bridgehead atoms. The Bertz CT molecular complexity index is 518. The first-order valence-corrected chi connectivity index (χ1v) is 8.51. The molecule has 24 heavy (non-hydrogen) atoms. The Morgan fingerprint density at radius 2 is 1.54 bits per heavy atom. The van der Waals surface area contributed by atoms with E-state index in [0.29, 0.717) is 25.8 Å². The molecule has 0 aromatic heterocycles. The van der Waals surface area contributed by atoms with Crippen LogP contribution in [0, 0.1) is 0 Å². The van der Waals surface area contributed by atoms with Gasteiger partial charge in [0.05, 0.1) is 0 Å². The monoisotopic (exact) mass is 338 g/mol. The van der Waals surface area contributed by atoms with E-state index in [9.17, 15) is 14.4 Å². The highest BCUT2D eigenvalue weighted by Gasteiger charge is 2.03. The van der Waals surface area contributed by atoms with Crippen molar-refractivity contribution in [2.24, 2.45) is 0 Å². The van der Waals surface area contributed by atoms with E-state index in [1.165, 1.54) is 26.7 Å². The van der Waals surface area contributed by atoms with Gasteiger partial charge in [-0.2, -0.15) is 0 Å². The molecular weight excluding hydrogens is 304 g/mol. The summed E-state index contributed by atoms with van der Waals surface area (Å²) in [7, 11) is 0. The molecule has 0 aliphatic carbocycles. The van der Waals surface area contributed by atoms with E-state index in [1.807, 2.05) is 24.3 Å². The second-order valence-corrected chi connectivity index (χ2v) is 5.68. The van der Waals surface area contributed by atoms with Crippen molar-refractivity contribution in [2.75, 3.05) is 11.9 Å². The SMILES string of the molecule is CC(=O)CCNC(=O)CCc1ccc(NC(C)=O)cc1.CCCC.[HH].[HH]. The van der Waals surface area contributed by atoms with Crippen LogP contribution in [0.1, 0.15) is 61.8 Å². The summed E-state index contributed by atoms with van der Waals surface area (Å²) in [4.78, 5) is 33.1. The standard InChI is InChI=1S/C15H20N2O3.C4H10.2H2/c1-11(18)9-10-16-15(20)8-5-13-3-6-14(7-4-13)17-12(2)19;1-3-4-2;;/h3-4,6-7H,5,8-10H2,1-2H3,(H,16,20)(H,17,19);3-4H2,1-2H3;2*1H. The van der Waals surface area contributed by atoms with Crippen LogP contribution in [0.2, 0.25) is 0 Å². The van der Waals surface area contributed by atoms with Crippen LogP contribution in [-0.2, 0) is 20.8 Å². The first-order chi connectivity index (χ1) is 11.4. The predicted octanol–water partition coefficient (Wildman–Crippen LogP) is 3.97. The van der Waals surface area contributed by atoms with Crippen molar-refractivity contribution >= 4 is 23.3 Å². The van der Waals surface area contributed by atoms with Gasteiger partial charge in [0, 0.05) is 34.9 Å². The minimum absolute atomic E-state index is 0. The van der Waals surface area contributed by atoms with Gasteiger partial charge in [0.1, 0.15) is 5.78 Å². The van der Waals surface area contributed by atoms with E-state index < -0.39 is 0 Å². The average Bonchev–Trinajstić information content (AvgIpc) is 2.53. The number of carbonyl (C=O) groups is 3. The van der Waals surface area contributed by atoms with Crippen molar-refractivity contribution in [1.82, 2.24) is 5.32 Å². The lowest BCUT2D eigenvalue weighted by Gasteiger charge is -2.06. The summed E-state index contributed by atoms with van der Waals surface area (Å²) in [5.74, 6) is -0.0985. The molecule has 5 nitrogen and oxygen atoms in total. The molecule has 5 heteroatoms. The Balaban J connectivity index is -0.000000798. The molecule has 1 aromatic rings. The zero-order chi connectivity index (χ0) is 18.4. The summed E-state index contributed by atoms with van der Waals surface area (Å²) in [6.45, 7) is 7.72. The Labute approximate surface area is 148 Å². The van der Waals surface area contributed by atoms with Gasteiger partial charge in [-0.15, -0.1) is 0 Å². The topological polar surface area (TPSA) is 75.3 Å². The van der Waals surface area contributed by atoms with E-state index in [0.717, 1.165) is 11.3 Å². The fourth-order valence-electron chi connectivity index (χ4n) is 1.68. The smallest absolute Gasteiger partial charge is 0.221 e. The van der Waals surface area contributed by atoms with Crippen molar-refractivity contribution in [2.45, 2.75) is 59.8 Å². The van der Waals surface area contributed by atoms with Crippen LogP contribution in [0.3, 0.4) is 0 Å². The molecule has 0 aliphatic heterocycles. The van der Waals surface area contributed by atoms with Crippen LogP contribution in [0.4, 0.5) is 5.69 Å². The number of amides is 2. The first-order valence-electron chi connectivity index (χ1n) is 8.51. The highest BCUT2D eigenvalue weighted by molar-refractivity contribution is 5.88. The molecule has 138 valence electrons. The third kappa shape index (κ3) is 12.4. The first kappa shape index (κ1) is 21.8. The van der Waals surface area contributed by atoms with Crippen LogP contribution in [-0.4, -0.2) is 24.1 Å².